The summed E-state index contributed by atoms with van der Waals surface area (Å²) in [7, 11) is 3.49. The van der Waals surface area contributed by atoms with Crippen LogP contribution in [-0.4, -0.2) is 90.9 Å². The molecule has 1 amide bonds. The number of carbonyl (C=O) groups excluding carboxylic acids is 2. The number of allylic oxidation sites excluding steroid dienone is 2. The summed E-state index contributed by atoms with van der Waals surface area (Å²) in [5.41, 5.74) is -3.48. The average Bonchev–Trinajstić information content (AvgIpc) is 3.75. The Morgan fingerprint density at radius 2 is 1.67 bits per heavy atom. The SMILES string of the molecule is CC(C)C(C)C1OC1C1(O)CC=CC2CC3C4=CC(=O)C5(CSSCC6CCCCC67C(=O)N(CC76CCCC6)c6cc(O)cc(c6)CCC26C1CCC46O)CC(O)C(O)CC35C. The number of amides is 1. The summed E-state index contributed by atoms with van der Waals surface area (Å²) in [6, 6.07) is 5.73. The number of phenols is 1. The van der Waals surface area contributed by atoms with Gasteiger partial charge in [-0.2, -0.15) is 0 Å². The number of fused-ring (bicyclic) bond motifs is 1. The molecule has 5 saturated carbocycles. The fourth-order valence-corrected chi connectivity index (χ4v) is 20.5. The van der Waals surface area contributed by atoms with Crippen LogP contribution in [0.2, 0.25) is 0 Å². The number of anilines is 1. The molecule has 4 spiro atoms. The fourth-order valence-electron chi connectivity index (χ4n) is 17.3. The highest BCUT2D eigenvalue weighted by Crippen LogP contribution is 2.76. The Balaban J connectivity index is 1.09. The van der Waals surface area contributed by atoms with Crippen LogP contribution in [0.15, 0.2) is 42.0 Å². The summed E-state index contributed by atoms with van der Waals surface area (Å²) in [6.07, 6.45) is 15.5. The van der Waals surface area contributed by atoms with E-state index >= 15 is 9.59 Å². The Bertz CT molecular complexity index is 2120. The van der Waals surface area contributed by atoms with Gasteiger partial charge in [-0.15, -0.1) is 0 Å². The molecule has 5 heterocycles. The van der Waals surface area contributed by atoms with Crippen LogP contribution >= 0.6 is 21.6 Å². The zero-order chi connectivity index (χ0) is 44.1. The fraction of sp³-hybridized carbons (Fsp3) is 0.769. The van der Waals surface area contributed by atoms with Gasteiger partial charge in [-0.3, -0.25) is 9.59 Å². The first-order valence-corrected chi connectivity index (χ1v) is 27.3. The van der Waals surface area contributed by atoms with E-state index < -0.39 is 45.1 Å². The quantitative estimate of drug-likeness (QED) is 0.114. The summed E-state index contributed by atoms with van der Waals surface area (Å²) in [4.78, 5) is 32.9. The third-order valence-corrected chi connectivity index (χ3v) is 23.5. The molecule has 1 aromatic rings. The maximum Gasteiger partial charge on any atom is 0.234 e. The molecule has 5 N–H and O–H groups in total. The lowest BCUT2D eigenvalue weighted by atomic mass is 9.39. The van der Waals surface area contributed by atoms with E-state index in [0.717, 1.165) is 73.9 Å². The molecular formula is C52H71NO8S2. The largest absolute Gasteiger partial charge is 0.508 e. The lowest BCUT2D eigenvalue weighted by molar-refractivity contribution is -0.194. The van der Waals surface area contributed by atoms with E-state index in [1.807, 2.05) is 11.0 Å². The van der Waals surface area contributed by atoms with Gasteiger partial charge in [0.2, 0.25) is 5.91 Å². The molecule has 9 nitrogen and oxygen atoms in total. The van der Waals surface area contributed by atoms with Crippen molar-refractivity contribution in [3.05, 3.63) is 47.6 Å². The highest BCUT2D eigenvalue weighted by Gasteiger charge is 2.77. The number of epoxide rings is 1. The number of phenolic OH excluding ortho intramolecular Hbond substituents is 1. The average molecular weight is 902 g/mol. The molecule has 344 valence electrons. The molecule has 0 aromatic heterocycles. The summed E-state index contributed by atoms with van der Waals surface area (Å²) in [6.45, 7) is 9.43. The van der Waals surface area contributed by atoms with E-state index in [2.05, 4.69) is 45.9 Å². The molecule has 12 aliphatic rings. The number of aliphatic hydroxyl groups is 4. The molecule has 0 radical (unpaired) electrons. The first-order chi connectivity index (χ1) is 30.0. The topological polar surface area (TPSA) is 151 Å². The Morgan fingerprint density at radius 3 is 2.44 bits per heavy atom. The Hall–Kier alpha value is -1.86. The molecule has 13 rings (SSSR count). The number of rotatable bonds is 3. The van der Waals surface area contributed by atoms with Crippen LogP contribution in [-0.2, 0) is 20.7 Å². The van der Waals surface area contributed by atoms with Crippen LogP contribution in [0, 0.1) is 62.6 Å². The van der Waals surface area contributed by atoms with Gasteiger partial charge in [-0.25, -0.2) is 0 Å². The summed E-state index contributed by atoms with van der Waals surface area (Å²) < 4.78 is 6.52. The maximum atomic E-state index is 15.5. The minimum Gasteiger partial charge on any atom is -0.508 e. The first kappa shape index (κ1) is 43.7. The second-order valence-corrected chi connectivity index (χ2v) is 25.8. The van der Waals surface area contributed by atoms with E-state index in [4.69, 9.17) is 4.74 Å². The van der Waals surface area contributed by atoms with Crippen molar-refractivity contribution in [2.45, 2.75) is 166 Å². The van der Waals surface area contributed by atoms with Gasteiger partial charge >= 0.3 is 0 Å². The zero-order valence-electron chi connectivity index (χ0n) is 37.9. The van der Waals surface area contributed by atoms with Crippen LogP contribution in [0.1, 0.15) is 130 Å². The van der Waals surface area contributed by atoms with Crippen LogP contribution < -0.4 is 4.90 Å². The lowest BCUT2D eigenvalue weighted by Gasteiger charge is -2.66. The van der Waals surface area contributed by atoms with E-state index in [9.17, 15) is 25.5 Å². The molecule has 2 saturated heterocycles. The van der Waals surface area contributed by atoms with Gasteiger partial charge in [0.25, 0.3) is 0 Å². The van der Waals surface area contributed by atoms with E-state index in [1.54, 1.807) is 33.7 Å². The van der Waals surface area contributed by atoms with Crippen molar-refractivity contribution in [2.24, 2.45) is 62.6 Å². The van der Waals surface area contributed by atoms with Gasteiger partial charge in [0.1, 0.15) is 17.5 Å². The number of hydrogen-bond donors (Lipinski definition) is 5. The van der Waals surface area contributed by atoms with Crippen molar-refractivity contribution < 1.29 is 39.9 Å². The number of ketones is 1. The summed E-state index contributed by atoms with van der Waals surface area (Å²) in [5.74, 6) is 1.62. The van der Waals surface area contributed by atoms with Gasteiger partial charge in [-0.1, -0.05) is 87.1 Å². The van der Waals surface area contributed by atoms with Crippen LogP contribution in [0.4, 0.5) is 5.69 Å². The number of aliphatic hydroxyl groups excluding tert-OH is 2. The van der Waals surface area contributed by atoms with Crippen molar-refractivity contribution in [1.82, 2.24) is 0 Å². The van der Waals surface area contributed by atoms with Crippen molar-refractivity contribution in [3.63, 3.8) is 0 Å². The van der Waals surface area contributed by atoms with Gasteiger partial charge < -0.3 is 35.2 Å². The van der Waals surface area contributed by atoms with Crippen molar-refractivity contribution in [3.8, 4) is 5.75 Å². The highest BCUT2D eigenvalue weighted by molar-refractivity contribution is 8.76. The third-order valence-electron chi connectivity index (χ3n) is 20.9. The Kier molecular flexibility index (Phi) is 10.3. The number of carbonyl (C=O) groups is 2. The number of aromatic hydroxyl groups is 1. The maximum absolute atomic E-state index is 15.5. The summed E-state index contributed by atoms with van der Waals surface area (Å²) >= 11 is 0. The number of ether oxygens (including phenoxy) is 1. The van der Waals surface area contributed by atoms with E-state index in [0.29, 0.717) is 56.7 Å². The van der Waals surface area contributed by atoms with Gasteiger partial charge in [-0.05, 0) is 141 Å². The predicted octanol–water partition coefficient (Wildman–Crippen LogP) is 8.33. The van der Waals surface area contributed by atoms with E-state index in [1.165, 1.54) is 0 Å². The van der Waals surface area contributed by atoms with Crippen LogP contribution in [0.3, 0.4) is 0 Å². The lowest BCUT2D eigenvalue weighted by Crippen LogP contribution is -2.68. The molecule has 1 aromatic carbocycles. The Morgan fingerprint density at radius 1 is 0.905 bits per heavy atom. The van der Waals surface area contributed by atoms with Crippen LogP contribution in [0.5, 0.6) is 5.75 Å². The molecule has 15 atom stereocenters. The van der Waals surface area contributed by atoms with Crippen LogP contribution in [0.25, 0.3) is 0 Å². The normalized spacial score (nSPS) is 48.0. The minimum absolute atomic E-state index is 0.0623. The van der Waals surface area contributed by atoms with Crippen molar-refractivity contribution in [2.75, 3.05) is 23.0 Å². The smallest absolute Gasteiger partial charge is 0.234 e. The molecule has 11 heteroatoms. The summed E-state index contributed by atoms with van der Waals surface area (Å²) in [5, 5.41) is 62.0. The van der Waals surface area contributed by atoms with Gasteiger partial charge in [0, 0.05) is 46.6 Å². The highest BCUT2D eigenvalue weighted by atomic mass is 33.1. The minimum atomic E-state index is -1.44. The molecule has 63 heavy (non-hydrogen) atoms. The standard InChI is InChI=1S/C52H71NO8S2/c1-30(2)31(3)43-44(61-43)51(59)17-9-11-33-22-37-38-24-42(57)48(26-40(56)39(55)25-46(37,48)4)29-63-62-27-34-10-5-6-16-50(34)45(58)53(28-47(50)14-7-8-15-47)35-20-32(21-36(54)23-35)12-18-49(33)41(51)13-19-52(38,49)60/h9,11,20-21,23-24,30-31,33-34,37,39-41,43-44,54-56,59-60H,5-8,10,12-19,22,25-29H2,1-4H3. The van der Waals surface area contributed by atoms with Crippen molar-refractivity contribution >= 4 is 39.0 Å². The molecule has 5 aliphatic heterocycles. The number of hydrogen-bond acceptors (Lipinski definition) is 10. The molecular weight excluding hydrogens is 831 g/mol. The van der Waals surface area contributed by atoms with Gasteiger partial charge in [0.15, 0.2) is 5.78 Å². The molecule has 7 fully saturated rings. The molecule has 15 unspecified atom stereocenters. The van der Waals surface area contributed by atoms with Gasteiger partial charge in [0.05, 0.1) is 34.7 Å². The zero-order valence-corrected chi connectivity index (χ0v) is 39.5. The van der Waals surface area contributed by atoms with E-state index in [-0.39, 0.29) is 77.5 Å². The first-order valence-electron chi connectivity index (χ1n) is 24.8. The van der Waals surface area contributed by atoms with Crippen molar-refractivity contribution in [1.29, 1.82) is 0 Å². The third kappa shape index (κ3) is 5.74. The predicted molar refractivity (Wildman–Crippen MR) is 247 cm³/mol. The number of nitrogens with zero attached hydrogens (tertiary/aromatic N) is 1. The number of aryl methyl sites for hydroxylation is 1. The second kappa shape index (κ2) is 14.8. The second-order valence-electron chi connectivity index (χ2n) is 23.3. The Labute approximate surface area is 382 Å². The number of benzene rings is 1. The molecule has 8 bridgehead atoms. The monoisotopic (exact) mass is 901 g/mol. The molecule has 7 aliphatic carbocycles.